The number of nitrogens with one attached hydrogen (secondary N) is 1. The molecule has 3 aromatic heterocycles. The lowest BCUT2D eigenvalue weighted by atomic mass is 10.1. The Labute approximate surface area is 236 Å². The summed E-state index contributed by atoms with van der Waals surface area (Å²) >= 11 is 0. The zero-order chi connectivity index (χ0) is 29.1. The van der Waals surface area contributed by atoms with Gasteiger partial charge in [0.15, 0.2) is 5.82 Å². The highest BCUT2D eigenvalue weighted by Crippen LogP contribution is 2.23. The number of amides is 1. The predicted molar refractivity (Wildman–Crippen MR) is 160 cm³/mol. The van der Waals surface area contributed by atoms with E-state index in [0.717, 1.165) is 22.6 Å². The largest absolute Gasteiger partial charge is 0.381 e. The van der Waals surface area contributed by atoms with Gasteiger partial charge in [0.2, 0.25) is 0 Å². The quantitative estimate of drug-likeness (QED) is 0.294. The fourth-order valence-corrected chi connectivity index (χ4v) is 4.48. The zero-order valence-electron chi connectivity index (χ0n) is 22.9. The first kappa shape index (κ1) is 27.0. The van der Waals surface area contributed by atoms with Gasteiger partial charge in [-0.3, -0.25) is 18.8 Å². The Morgan fingerprint density at radius 1 is 1.15 bits per heavy atom. The summed E-state index contributed by atoms with van der Waals surface area (Å²) < 4.78 is 4.89. The SMILES string of the molecule is CCc1nc2cccc(C#Cc3cnn(C)c3)c2c(=O)n1-c1ccc(C)cc1.NC(=O)c1c(N)nn2c1NCC=C2. The van der Waals surface area contributed by atoms with Crippen molar-refractivity contribution < 1.29 is 4.79 Å². The molecule has 5 N–H and O–H groups in total. The van der Waals surface area contributed by atoms with Crippen molar-refractivity contribution in [3.05, 3.63) is 99.4 Å². The molecule has 5 aromatic rings. The van der Waals surface area contributed by atoms with E-state index >= 15 is 0 Å². The van der Waals surface area contributed by atoms with Gasteiger partial charge in [-0.15, -0.1) is 5.10 Å². The summed E-state index contributed by atoms with van der Waals surface area (Å²) in [6.45, 7) is 4.67. The Bertz CT molecular complexity index is 1920. The summed E-state index contributed by atoms with van der Waals surface area (Å²) in [6, 6.07) is 13.5. The minimum atomic E-state index is -0.568. The Kier molecular flexibility index (Phi) is 7.39. The summed E-state index contributed by atoms with van der Waals surface area (Å²) in [7, 11) is 1.85. The van der Waals surface area contributed by atoms with Gasteiger partial charge in [-0.25, -0.2) is 9.67 Å². The topological polar surface area (TPSA) is 152 Å². The second kappa shape index (κ2) is 11.2. The van der Waals surface area contributed by atoms with Crippen molar-refractivity contribution in [1.29, 1.82) is 0 Å². The first-order valence-corrected chi connectivity index (χ1v) is 13.0. The maximum absolute atomic E-state index is 13.5. The number of carbonyl (C=O) groups is 1. The minimum absolute atomic E-state index is 0.0956. The molecule has 0 aliphatic carbocycles. The van der Waals surface area contributed by atoms with E-state index in [1.807, 2.05) is 75.6 Å². The van der Waals surface area contributed by atoms with Gasteiger partial charge < -0.3 is 16.8 Å². The lowest BCUT2D eigenvalue weighted by molar-refractivity contribution is 0.100. The van der Waals surface area contributed by atoms with Gasteiger partial charge >= 0.3 is 0 Å². The van der Waals surface area contributed by atoms with Crippen LogP contribution in [0, 0.1) is 18.8 Å². The van der Waals surface area contributed by atoms with Gasteiger partial charge in [-0.2, -0.15) is 5.10 Å². The molecule has 6 rings (SSSR count). The summed E-state index contributed by atoms with van der Waals surface area (Å²) in [6.07, 6.45) is 7.80. The highest BCUT2D eigenvalue weighted by molar-refractivity contribution is 6.02. The minimum Gasteiger partial charge on any atom is -0.381 e. The normalized spacial score (nSPS) is 11.6. The van der Waals surface area contributed by atoms with E-state index < -0.39 is 5.91 Å². The van der Waals surface area contributed by atoms with Crippen molar-refractivity contribution in [2.45, 2.75) is 20.3 Å². The van der Waals surface area contributed by atoms with Crippen LogP contribution in [-0.4, -0.2) is 41.6 Å². The van der Waals surface area contributed by atoms with E-state index in [1.165, 1.54) is 4.68 Å². The van der Waals surface area contributed by atoms with Gasteiger partial charge in [-0.1, -0.05) is 42.5 Å². The Balaban J connectivity index is 0.000000216. The number of hydrogen-bond acceptors (Lipinski definition) is 7. The fraction of sp³-hybridized carbons (Fsp3) is 0.167. The van der Waals surface area contributed by atoms with Crippen molar-refractivity contribution in [3.63, 3.8) is 0 Å². The van der Waals surface area contributed by atoms with E-state index in [0.29, 0.717) is 35.2 Å². The first-order chi connectivity index (χ1) is 19.8. The molecule has 41 heavy (non-hydrogen) atoms. The molecule has 0 radical (unpaired) electrons. The third kappa shape index (κ3) is 5.44. The monoisotopic (exact) mass is 547 g/mol. The molecule has 206 valence electrons. The van der Waals surface area contributed by atoms with Crippen LogP contribution >= 0.6 is 0 Å². The Morgan fingerprint density at radius 2 is 1.93 bits per heavy atom. The van der Waals surface area contributed by atoms with Crippen LogP contribution in [0.3, 0.4) is 0 Å². The highest BCUT2D eigenvalue weighted by Gasteiger charge is 2.20. The number of nitrogens with zero attached hydrogens (tertiary/aromatic N) is 6. The summed E-state index contributed by atoms with van der Waals surface area (Å²) in [5.74, 6) is 7.10. The van der Waals surface area contributed by atoms with Gasteiger partial charge in [0.1, 0.15) is 17.2 Å². The number of rotatable bonds is 3. The molecule has 11 heteroatoms. The molecule has 1 aliphatic rings. The maximum Gasteiger partial charge on any atom is 0.267 e. The van der Waals surface area contributed by atoms with Crippen LogP contribution in [0.4, 0.5) is 11.6 Å². The summed E-state index contributed by atoms with van der Waals surface area (Å²) in [5.41, 5.74) is 14.9. The van der Waals surface area contributed by atoms with E-state index in [1.54, 1.807) is 21.6 Å². The van der Waals surface area contributed by atoms with Crippen molar-refractivity contribution in [1.82, 2.24) is 29.1 Å². The number of hydrogen-bond donors (Lipinski definition) is 3. The molecule has 0 spiro atoms. The molecular formula is C30H29N9O2. The number of carbonyl (C=O) groups excluding carboxylic acids is 1. The van der Waals surface area contributed by atoms with Crippen LogP contribution in [0.1, 0.15) is 39.8 Å². The van der Waals surface area contributed by atoms with Crippen molar-refractivity contribution in [2.24, 2.45) is 12.8 Å². The van der Waals surface area contributed by atoms with Crippen molar-refractivity contribution >= 4 is 34.6 Å². The van der Waals surface area contributed by atoms with E-state index in [9.17, 15) is 9.59 Å². The van der Waals surface area contributed by atoms with Crippen LogP contribution in [0.5, 0.6) is 0 Å². The van der Waals surface area contributed by atoms with Crippen LogP contribution in [0.25, 0.3) is 22.8 Å². The van der Waals surface area contributed by atoms with Crippen LogP contribution in [-0.2, 0) is 13.5 Å². The van der Waals surface area contributed by atoms with Gasteiger partial charge in [-0.05, 0) is 37.3 Å². The number of fused-ring (bicyclic) bond motifs is 2. The molecule has 0 atom stereocenters. The number of nitrogen functional groups attached to an aromatic ring is 1. The van der Waals surface area contributed by atoms with Gasteiger partial charge in [0, 0.05) is 38.0 Å². The summed E-state index contributed by atoms with van der Waals surface area (Å²) in [5, 5.41) is 11.5. The first-order valence-electron chi connectivity index (χ1n) is 13.0. The second-order valence-corrected chi connectivity index (χ2v) is 9.39. The molecule has 1 aliphatic heterocycles. The molecule has 2 aromatic carbocycles. The molecule has 0 saturated carbocycles. The average molecular weight is 548 g/mol. The molecule has 0 bridgehead atoms. The Morgan fingerprint density at radius 3 is 2.61 bits per heavy atom. The number of benzene rings is 2. The molecule has 0 saturated heterocycles. The smallest absolute Gasteiger partial charge is 0.267 e. The number of aryl methyl sites for hydroxylation is 3. The third-order valence-corrected chi connectivity index (χ3v) is 6.44. The highest BCUT2D eigenvalue weighted by atomic mass is 16.1. The summed E-state index contributed by atoms with van der Waals surface area (Å²) in [4.78, 5) is 29.2. The lowest BCUT2D eigenvalue weighted by Crippen LogP contribution is -2.24. The number of aromatic nitrogens is 6. The molecule has 0 unspecified atom stereocenters. The maximum atomic E-state index is 13.5. The van der Waals surface area contributed by atoms with Crippen LogP contribution < -0.4 is 22.3 Å². The van der Waals surface area contributed by atoms with Gasteiger partial charge in [0.05, 0.1) is 28.4 Å². The van der Waals surface area contributed by atoms with E-state index in [-0.39, 0.29) is 16.9 Å². The van der Waals surface area contributed by atoms with Crippen LogP contribution in [0.15, 0.2) is 65.7 Å². The Hall–Kier alpha value is -5.63. The molecular weight excluding hydrogens is 518 g/mol. The second-order valence-electron chi connectivity index (χ2n) is 9.39. The third-order valence-electron chi connectivity index (χ3n) is 6.44. The molecule has 4 heterocycles. The molecule has 0 fully saturated rings. The number of primary amides is 1. The zero-order valence-corrected chi connectivity index (χ0v) is 22.9. The average Bonchev–Trinajstić information content (AvgIpc) is 3.54. The molecule has 1 amide bonds. The van der Waals surface area contributed by atoms with Crippen molar-refractivity contribution in [3.8, 4) is 17.5 Å². The lowest BCUT2D eigenvalue weighted by Gasteiger charge is -2.13. The van der Waals surface area contributed by atoms with E-state index in [2.05, 4.69) is 27.4 Å². The van der Waals surface area contributed by atoms with Crippen molar-refractivity contribution in [2.75, 3.05) is 17.6 Å². The van der Waals surface area contributed by atoms with Gasteiger partial charge in [0.25, 0.3) is 11.5 Å². The van der Waals surface area contributed by atoms with Crippen LogP contribution in [0.2, 0.25) is 0 Å². The number of anilines is 2. The predicted octanol–water partition coefficient (Wildman–Crippen LogP) is 2.85. The number of nitrogens with two attached hydrogens (primary N) is 2. The van der Waals surface area contributed by atoms with E-state index in [4.69, 9.17) is 16.5 Å². The standard InChI is InChI=1S/C23H20N4O.C7H9N5O/c1-4-21-25-20-7-5-6-18(11-10-17-14-24-26(3)15-17)22(20)23(28)27(21)19-12-8-16(2)9-13-19;8-5-4(6(9)13)7-10-2-1-3-12(7)11-5/h5-9,12-15H,4H2,1-3H3;1,3,10H,2H2,(H2,8,11)(H2,9,13). The fourth-order valence-electron chi connectivity index (χ4n) is 4.48. The molecule has 11 nitrogen and oxygen atoms in total.